The first kappa shape index (κ1) is 43.6. The summed E-state index contributed by atoms with van der Waals surface area (Å²) in [5, 5.41) is 9.78. The SMILES string of the molecule is CC/C(=C(\c1ccc(O)cc1)c1ccc(OCCN2CCOCC2)nc1)c1ccccc1.CC/C(=C(\c1ccccc1)c1ccc(OCCN(C)C)cc1)c1ccccc1. The Labute approximate surface area is 357 Å². The fourth-order valence-corrected chi connectivity index (χ4v) is 7.37. The van der Waals surface area contributed by atoms with E-state index in [0.29, 0.717) is 19.1 Å². The molecule has 0 unspecified atom stereocenters. The normalized spacial score (nSPS) is 13.8. The van der Waals surface area contributed by atoms with Crippen molar-refractivity contribution in [1.29, 1.82) is 0 Å². The summed E-state index contributed by atoms with van der Waals surface area (Å²) in [6.45, 7) is 11.0. The molecule has 5 aromatic carbocycles. The van der Waals surface area contributed by atoms with E-state index in [1.165, 1.54) is 39.0 Å². The zero-order chi connectivity index (χ0) is 41.9. The lowest BCUT2D eigenvalue weighted by molar-refractivity contribution is 0.0320. The van der Waals surface area contributed by atoms with E-state index in [4.69, 9.17) is 14.2 Å². The van der Waals surface area contributed by atoms with E-state index in [1.54, 1.807) is 12.1 Å². The van der Waals surface area contributed by atoms with E-state index < -0.39 is 0 Å². The molecule has 7 rings (SSSR count). The number of ether oxygens (including phenoxy) is 3. The second kappa shape index (κ2) is 23.0. The number of hydrogen-bond donors (Lipinski definition) is 1. The molecule has 0 radical (unpaired) electrons. The number of rotatable bonds is 16. The molecule has 6 aromatic rings. The molecule has 1 aromatic heterocycles. The van der Waals surface area contributed by atoms with Crippen molar-refractivity contribution in [2.45, 2.75) is 26.7 Å². The minimum absolute atomic E-state index is 0.257. The van der Waals surface area contributed by atoms with Crippen molar-refractivity contribution in [1.82, 2.24) is 14.8 Å². The molecule has 1 aliphatic rings. The molecule has 1 N–H and O–H groups in total. The highest BCUT2D eigenvalue weighted by atomic mass is 16.5. The second-order valence-corrected chi connectivity index (χ2v) is 14.9. The molecular formula is C53H59N3O4. The standard InChI is InChI=1S/C27H30N2O3.C26H29NO/c1-2-25(21-6-4-3-5-7-21)27(22-8-11-24(30)12-9-22)23-10-13-26(28-20-23)32-19-16-29-14-17-31-18-15-29;1-4-25(21-11-7-5-8-12-21)26(22-13-9-6-10-14-22)23-15-17-24(18-16-23)28-20-19-27(2)3/h3-13,20,30H,2,14-19H2,1H3;5-18H,4,19-20H2,1-3H3/b27-25-;26-25-. The van der Waals surface area contributed by atoms with Gasteiger partial charge in [-0.25, -0.2) is 4.98 Å². The maximum absolute atomic E-state index is 9.78. The van der Waals surface area contributed by atoms with E-state index in [-0.39, 0.29) is 5.75 Å². The minimum atomic E-state index is 0.257. The van der Waals surface area contributed by atoms with Crippen LogP contribution in [0.2, 0.25) is 0 Å². The number of allylic oxidation sites excluding steroid dienone is 2. The van der Waals surface area contributed by atoms with Crippen molar-refractivity contribution < 1.29 is 19.3 Å². The molecule has 0 spiro atoms. The number of benzene rings is 5. The molecule has 7 heteroatoms. The van der Waals surface area contributed by atoms with Gasteiger partial charge in [0, 0.05) is 44.0 Å². The third-order valence-corrected chi connectivity index (χ3v) is 10.5. The average molecular weight is 802 g/mol. The second-order valence-electron chi connectivity index (χ2n) is 14.9. The van der Waals surface area contributed by atoms with Gasteiger partial charge < -0.3 is 24.2 Å². The van der Waals surface area contributed by atoms with Crippen LogP contribution in [0.15, 0.2) is 158 Å². The van der Waals surface area contributed by atoms with Crippen molar-refractivity contribution in [2.24, 2.45) is 0 Å². The molecule has 1 fully saturated rings. The van der Waals surface area contributed by atoms with Gasteiger partial charge in [-0.3, -0.25) is 4.90 Å². The van der Waals surface area contributed by atoms with Gasteiger partial charge in [0.2, 0.25) is 5.88 Å². The minimum Gasteiger partial charge on any atom is -0.508 e. The topological polar surface area (TPSA) is 67.3 Å². The fourth-order valence-electron chi connectivity index (χ4n) is 7.37. The Morgan fingerprint density at radius 1 is 0.583 bits per heavy atom. The van der Waals surface area contributed by atoms with E-state index >= 15 is 0 Å². The van der Waals surface area contributed by atoms with Crippen LogP contribution in [0.5, 0.6) is 17.4 Å². The number of likely N-dealkylation sites (N-methyl/N-ethyl adjacent to an activating group) is 1. The van der Waals surface area contributed by atoms with Crippen LogP contribution in [-0.2, 0) is 4.74 Å². The van der Waals surface area contributed by atoms with Gasteiger partial charge in [-0.15, -0.1) is 0 Å². The van der Waals surface area contributed by atoms with Crippen LogP contribution in [0.25, 0.3) is 22.3 Å². The van der Waals surface area contributed by atoms with Crippen LogP contribution < -0.4 is 9.47 Å². The van der Waals surface area contributed by atoms with E-state index in [2.05, 4.69) is 158 Å². The molecule has 0 bridgehead atoms. The summed E-state index contributed by atoms with van der Waals surface area (Å²) < 4.78 is 17.2. The summed E-state index contributed by atoms with van der Waals surface area (Å²) >= 11 is 0. The lowest BCUT2D eigenvalue weighted by Crippen LogP contribution is -2.38. The van der Waals surface area contributed by atoms with Crippen LogP contribution in [0.1, 0.15) is 60.1 Å². The number of phenols is 1. The van der Waals surface area contributed by atoms with Crippen LogP contribution in [-0.4, -0.2) is 86.6 Å². The van der Waals surface area contributed by atoms with Gasteiger partial charge in [-0.1, -0.05) is 129 Å². The molecule has 0 saturated carbocycles. The molecule has 1 aliphatic heterocycles. The predicted molar refractivity (Wildman–Crippen MR) is 247 cm³/mol. The van der Waals surface area contributed by atoms with E-state index in [0.717, 1.165) is 74.7 Å². The Kier molecular flexibility index (Phi) is 16.7. The first-order valence-electron chi connectivity index (χ1n) is 21.1. The zero-order valence-electron chi connectivity index (χ0n) is 35.6. The molecule has 0 aliphatic carbocycles. The molecule has 2 heterocycles. The molecular weight excluding hydrogens is 743 g/mol. The summed E-state index contributed by atoms with van der Waals surface area (Å²) in [5.74, 6) is 1.80. The van der Waals surface area contributed by atoms with Crippen LogP contribution in [0.3, 0.4) is 0 Å². The van der Waals surface area contributed by atoms with Crippen molar-refractivity contribution in [3.63, 3.8) is 0 Å². The van der Waals surface area contributed by atoms with Crippen LogP contribution in [0, 0.1) is 0 Å². The van der Waals surface area contributed by atoms with Crippen LogP contribution >= 0.6 is 0 Å². The zero-order valence-corrected chi connectivity index (χ0v) is 35.6. The van der Waals surface area contributed by atoms with Crippen molar-refractivity contribution in [3.8, 4) is 17.4 Å². The molecule has 60 heavy (non-hydrogen) atoms. The number of hydrogen-bond acceptors (Lipinski definition) is 7. The Morgan fingerprint density at radius 2 is 1.07 bits per heavy atom. The lowest BCUT2D eigenvalue weighted by Gasteiger charge is -2.26. The molecule has 7 nitrogen and oxygen atoms in total. The predicted octanol–water partition coefficient (Wildman–Crippen LogP) is 10.9. The first-order valence-corrected chi connectivity index (χ1v) is 21.1. The number of pyridine rings is 1. The Bertz CT molecular complexity index is 2220. The maximum atomic E-state index is 9.78. The summed E-state index contributed by atoms with van der Waals surface area (Å²) in [6.07, 6.45) is 3.72. The highest BCUT2D eigenvalue weighted by molar-refractivity contribution is 5.99. The van der Waals surface area contributed by atoms with Gasteiger partial charge in [0.15, 0.2) is 0 Å². The van der Waals surface area contributed by atoms with E-state index in [1.807, 2.05) is 30.5 Å². The molecule has 0 amide bonds. The van der Waals surface area contributed by atoms with Gasteiger partial charge in [-0.05, 0) is 107 Å². The van der Waals surface area contributed by atoms with Gasteiger partial charge in [0.25, 0.3) is 0 Å². The monoisotopic (exact) mass is 801 g/mol. The smallest absolute Gasteiger partial charge is 0.213 e. The molecule has 0 atom stereocenters. The lowest BCUT2D eigenvalue weighted by atomic mass is 9.88. The van der Waals surface area contributed by atoms with Gasteiger partial charge in [0.05, 0.1) is 13.2 Å². The Morgan fingerprint density at radius 3 is 1.57 bits per heavy atom. The van der Waals surface area contributed by atoms with Crippen LogP contribution in [0.4, 0.5) is 0 Å². The number of aromatic hydroxyl groups is 1. The van der Waals surface area contributed by atoms with Crippen molar-refractivity contribution in [2.75, 3.05) is 66.7 Å². The number of nitrogens with zero attached hydrogens (tertiary/aromatic N) is 3. The quantitative estimate of drug-likeness (QED) is 0.0978. The van der Waals surface area contributed by atoms with Gasteiger partial charge in [-0.2, -0.15) is 0 Å². The van der Waals surface area contributed by atoms with Crippen molar-refractivity contribution >= 4 is 22.3 Å². The van der Waals surface area contributed by atoms with E-state index in [9.17, 15) is 5.11 Å². The number of aromatic nitrogens is 1. The first-order chi connectivity index (χ1) is 29.4. The van der Waals surface area contributed by atoms with Gasteiger partial charge >= 0.3 is 0 Å². The van der Waals surface area contributed by atoms with Gasteiger partial charge in [0.1, 0.15) is 24.7 Å². The maximum Gasteiger partial charge on any atom is 0.213 e. The largest absolute Gasteiger partial charge is 0.508 e. The average Bonchev–Trinajstić information content (AvgIpc) is 3.30. The third kappa shape index (κ3) is 12.5. The summed E-state index contributed by atoms with van der Waals surface area (Å²) in [5.41, 5.74) is 12.0. The molecule has 1 saturated heterocycles. The highest BCUT2D eigenvalue weighted by Crippen LogP contribution is 2.36. The molecule has 310 valence electrons. The number of phenolic OH excluding ortho intramolecular Hbond substituents is 1. The summed E-state index contributed by atoms with van der Waals surface area (Å²) in [7, 11) is 4.11. The van der Waals surface area contributed by atoms with Crippen molar-refractivity contribution in [3.05, 3.63) is 191 Å². The Balaban J connectivity index is 0.000000203. The highest BCUT2D eigenvalue weighted by Gasteiger charge is 2.16. The Hall–Kier alpha value is -5.99. The number of morpholine rings is 1. The summed E-state index contributed by atoms with van der Waals surface area (Å²) in [4.78, 5) is 9.05. The summed E-state index contributed by atoms with van der Waals surface area (Å²) in [6, 6.07) is 51.6. The fraction of sp³-hybridized carbons (Fsp3) is 0.264. The third-order valence-electron chi connectivity index (χ3n) is 10.5.